The van der Waals surface area contributed by atoms with Crippen molar-refractivity contribution in [3.8, 4) is 11.3 Å². The molecule has 132 valence electrons. The fourth-order valence-corrected chi connectivity index (χ4v) is 4.19. The van der Waals surface area contributed by atoms with Gasteiger partial charge >= 0.3 is 5.97 Å². The Morgan fingerprint density at radius 3 is 2.81 bits per heavy atom. The normalized spacial score (nSPS) is 12.2. The molecule has 0 saturated carbocycles. The van der Waals surface area contributed by atoms with Gasteiger partial charge in [0.25, 0.3) is 5.91 Å². The van der Waals surface area contributed by atoms with E-state index in [-0.39, 0.29) is 0 Å². The Morgan fingerprint density at radius 1 is 1.23 bits per heavy atom. The molecule has 26 heavy (non-hydrogen) atoms. The second kappa shape index (κ2) is 6.64. The molecule has 0 aliphatic heterocycles. The number of nitrogens with one attached hydrogen (secondary N) is 2. The first-order valence-corrected chi connectivity index (χ1v) is 8.87. The van der Waals surface area contributed by atoms with Gasteiger partial charge < -0.3 is 20.3 Å². The van der Waals surface area contributed by atoms with Crippen LogP contribution in [0, 0.1) is 0 Å². The van der Waals surface area contributed by atoms with E-state index in [1.807, 2.05) is 30.3 Å². The second-order valence-electron chi connectivity index (χ2n) is 5.86. The van der Waals surface area contributed by atoms with Crippen molar-refractivity contribution in [2.45, 2.75) is 12.8 Å². The van der Waals surface area contributed by atoms with Gasteiger partial charge in [-0.2, -0.15) is 0 Å². The fourth-order valence-electron chi connectivity index (χ4n) is 3.01. The predicted octanol–water partition coefficient (Wildman–Crippen LogP) is 3.06. The van der Waals surface area contributed by atoms with E-state index in [1.165, 1.54) is 11.3 Å². The van der Waals surface area contributed by atoms with Crippen LogP contribution in [0.4, 0.5) is 10.7 Å². The number of benzene rings is 1. The molecule has 2 aromatic heterocycles. The fraction of sp³-hybridized carbons (Fsp3) is 0.167. The van der Waals surface area contributed by atoms with Crippen LogP contribution in [0.5, 0.6) is 0 Å². The van der Waals surface area contributed by atoms with Crippen LogP contribution in [0.1, 0.15) is 20.8 Å². The molecule has 0 atom stereocenters. The highest BCUT2D eigenvalue weighted by Gasteiger charge is 2.31. The van der Waals surface area contributed by atoms with E-state index in [4.69, 9.17) is 9.63 Å². The number of aryl methyl sites for hydroxylation is 1. The van der Waals surface area contributed by atoms with E-state index in [9.17, 15) is 9.59 Å². The molecule has 2 heterocycles. The number of carboxylic acids is 1. The number of thiophene rings is 1. The largest absolute Gasteiger partial charge is 0.480 e. The van der Waals surface area contributed by atoms with Crippen LogP contribution in [0.2, 0.25) is 0 Å². The van der Waals surface area contributed by atoms with E-state index in [0.717, 1.165) is 33.8 Å². The molecule has 0 spiro atoms. The minimum atomic E-state index is -1.08. The molecule has 1 aliphatic rings. The third-order valence-corrected chi connectivity index (χ3v) is 5.31. The van der Waals surface area contributed by atoms with Gasteiger partial charge in [0.05, 0.1) is 16.6 Å². The van der Waals surface area contributed by atoms with Crippen LogP contribution < -0.4 is 10.6 Å². The Balaban J connectivity index is 1.76. The number of carboxylic acid groups (broad SMARTS) is 1. The molecule has 8 heteroatoms. The number of fused-ring (bicyclic) bond motifs is 3. The maximum Gasteiger partial charge on any atom is 0.322 e. The van der Waals surface area contributed by atoms with Crippen molar-refractivity contribution in [3.05, 3.63) is 52.5 Å². The Kier molecular flexibility index (Phi) is 4.18. The molecule has 0 unspecified atom stereocenters. The summed E-state index contributed by atoms with van der Waals surface area (Å²) in [5.41, 5.74) is 3.59. The topological polar surface area (TPSA) is 104 Å². The van der Waals surface area contributed by atoms with Gasteiger partial charge in [0, 0.05) is 11.3 Å². The lowest BCUT2D eigenvalue weighted by Crippen LogP contribution is -2.29. The number of carbonyl (C=O) groups excluding carboxylic acids is 1. The Morgan fingerprint density at radius 2 is 2.04 bits per heavy atom. The average molecular weight is 369 g/mol. The maximum atomic E-state index is 12.5. The smallest absolute Gasteiger partial charge is 0.322 e. The Bertz CT molecular complexity index is 978. The Labute approximate surface area is 152 Å². The van der Waals surface area contributed by atoms with Crippen LogP contribution in [-0.4, -0.2) is 28.7 Å². The van der Waals surface area contributed by atoms with Crippen LogP contribution >= 0.6 is 11.3 Å². The molecule has 0 bridgehead atoms. The molecule has 1 aliphatic carbocycles. The molecule has 1 aromatic carbocycles. The lowest BCUT2D eigenvalue weighted by atomic mass is 9.92. The van der Waals surface area contributed by atoms with Crippen LogP contribution in [0.25, 0.3) is 11.3 Å². The number of hydrogen-bond acceptors (Lipinski definition) is 6. The summed E-state index contributed by atoms with van der Waals surface area (Å²) in [6.45, 7) is -0.416. The van der Waals surface area contributed by atoms with Crippen molar-refractivity contribution in [3.63, 3.8) is 0 Å². The van der Waals surface area contributed by atoms with Gasteiger partial charge in [0.2, 0.25) is 0 Å². The highest BCUT2D eigenvalue weighted by atomic mass is 32.1. The summed E-state index contributed by atoms with van der Waals surface area (Å²) in [5.74, 6) is -0.806. The summed E-state index contributed by atoms with van der Waals surface area (Å²) in [6.07, 6.45) is 3.10. The van der Waals surface area contributed by atoms with E-state index < -0.39 is 18.4 Å². The third kappa shape index (κ3) is 2.95. The van der Waals surface area contributed by atoms with Crippen LogP contribution in [-0.2, 0) is 17.6 Å². The van der Waals surface area contributed by atoms with Crippen LogP contribution in [0.3, 0.4) is 0 Å². The first kappa shape index (κ1) is 16.3. The first-order chi connectivity index (χ1) is 12.6. The lowest BCUT2D eigenvalue weighted by Gasteiger charge is -2.13. The monoisotopic (exact) mass is 369 g/mol. The molecule has 3 aromatic rings. The van der Waals surface area contributed by atoms with Crippen LogP contribution in [0.15, 0.2) is 41.1 Å². The number of anilines is 2. The summed E-state index contributed by atoms with van der Waals surface area (Å²) in [4.78, 5) is 23.8. The number of aliphatic carboxylic acids is 1. The van der Waals surface area contributed by atoms with Gasteiger partial charge in [0.15, 0.2) is 5.76 Å². The number of aromatic nitrogens is 1. The first-order valence-electron chi connectivity index (χ1n) is 8.05. The van der Waals surface area contributed by atoms with Gasteiger partial charge in [-0.05, 0) is 30.5 Å². The number of rotatable bonds is 5. The summed E-state index contributed by atoms with van der Waals surface area (Å²) >= 11 is 1.29. The van der Waals surface area contributed by atoms with Gasteiger partial charge in [-0.25, -0.2) is 0 Å². The van der Waals surface area contributed by atoms with Crippen molar-refractivity contribution in [1.29, 1.82) is 0 Å². The maximum absolute atomic E-state index is 12.5. The minimum absolute atomic E-state index is 0.391. The molecule has 0 fully saturated rings. The number of para-hydroxylation sites is 1. The third-order valence-electron chi connectivity index (χ3n) is 4.16. The van der Waals surface area contributed by atoms with E-state index >= 15 is 0 Å². The molecular weight excluding hydrogens is 354 g/mol. The molecule has 4 rings (SSSR count). The summed E-state index contributed by atoms with van der Waals surface area (Å²) in [6, 6.07) is 9.63. The molecule has 3 N–H and O–H groups in total. The van der Waals surface area contributed by atoms with Gasteiger partial charge in [-0.15, -0.1) is 11.3 Å². The standard InChI is InChI=1S/C18H15N3O4S/c22-13(23)9-19-17(24)16-12-7-6-10-8-20-25-15(10)14(12)18(26-16)21-11-4-2-1-3-5-11/h1-5,8,21H,6-7,9H2,(H,19,24)(H,22,23). The highest BCUT2D eigenvalue weighted by molar-refractivity contribution is 7.19. The zero-order chi connectivity index (χ0) is 18.1. The Hall–Kier alpha value is -3.13. The summed E-state index contributed by atoms with van der Waals surface area (Å²) < 4.78 is 5.44. The zero-order valence-electron chi connectivity index (χ0n) is 13.6. The quantitative estimate of drug-likeness (QED) is 0.638. The number of nitrogens with zero attached hydrogens (tertiary/aromatic N) is 1. The summed E-state index contributed by atoms with van der Waals surface area (Å²) in [7, 11) is 0. The minimum Gasteiger partial charge on any atom is -0.480 e. The molecule has 0 radical (unpaired) electrons. The van der Waals surface area contributed by atoms with Crippen molar-refractivity contribution < 1.29 is 19.2 Å². The van der Waals surface area contributed by atoms with Crippen molar-refractivity contribution in [2.24, 2.45) is 0 Å². The number of carbonyl (C=O) groups is 2. The zero-order valence-corrected chi connectivity index (χ0v) is 14.4. The second-order valence-corrected chi connectivity index (χ2v) is 6.88. The average Bonchev–Trinajstić information content (AvgIpc) is 3.25. The van der Waals surface area contributed by atoms with Gasteiger partial charge in [-0.1, -0.05) is 23.4 Å². The summed E-state index contributed by atoms with van der Waals surface area (Å²) in [5, 5.41) is 19.3. The molecule has 7 nitrogen and oxygen atoms in total. The number of hydrogen-bond donors (Lipinski definition) is 3. The van der Waals surface area contributed by atoms with E-state index in [0.29, 0.717) is 17.1 Å². The predicted molar refractivity (Wildman–Crippen MR) is 96.9 cm³/mol. The molecule has 1 amide bonds. The van der Waals surface area contributed by atoms with Crippen molar-refractivity contribution in [1.82, 2.24) is 10.5 Å². The number of amides is 1. The van der Waals surface area contributed by atoms with Crippen molar-refractivity contribution in [2.75, 3.05) is 11.9 Å². The lowest BCUT2D eigenvalue weighted by molar-refractivity contribution is -0.135. The van der Waals surface area contributed by atoms with E-state index in [1.54, 1.807) is 6.20 Å². The van der Waals surface area contributed by atoms with E-state index in [2.05, 4.69) is 15.8 Å². The highest BCUT2D eigenvalue weighted by Crippen LogP contribution is 2.46. The van der Waals surface area contributed by atoms with Gasteiger partial charge in [0.1, 0.15) is 11.5 Å². The molecular formula is C18H15N3O4S. The van der Waals surface area contributed by atoms with Crippen molar-refractivity contribution >= 4 is 33.9 Å². The molecule has 0 saturated heterocycles. The SMILES string of the molecule is O=C(O)CNC(=O)c1sc(Nc2ccccc2)c2c1CCc1cnoc1-2. The van der Waals surface area contributed by atoms with Gasteiger partial charge in [-0.3, -0.25) is 9.59 Å².